The van der Waals surface area contributed by atoms with Crippen LogP contribution in [0.2, 0.25) is 0 Å². The van der Waals surface area contributed by atoms with Crippen molar-refractivity contribution in [3.8, 4) is 0 Å². The normalized spacial score (nSPS) is 14.1. The number of H-pyrrole nitrogens is 1. The SMILES string of the molecule is CCc1ccc2nc(S(=O)C(CC)c3ccccn3)[nH]c2c1. The predicted molar refractivity (Wildman–Crippen MR) is 89.1 cm³/mol. The highest BCUT2D eigenvalue weighted by Crippen LogP contribution is 2.26. The number of hydrogen-bond donors (Lipinski definition) is 1. The second-order valence-corrected chi connectivity index (χ2v) is 6.75. The van der Waals surface area contributed by atoms with Gasteiger partial charge < -0.3 is 4.98 Å². The zero-order valence-electron chi connectivity index (χ0n) is 12.7. The van der Waals surface area contributed by atoms with Gasteiger partial charge in [0.15, 0.2) is 5.16 Å². The van der Waals surface area contributed by atoms with Gasteiger partial charge in [0.1, 0.15) is 0 Å². The number of aryl methyl sites for hydroxylation is 1. The number of nitrogens with one attached hydrogen (secondary N) is 1. The van der Waals surface area contributed by atoms with Crippen LogP contribution in [0.15, 0.2) is 47.8 Å². The molecule has 0 amide bonds. The summed E-state index contributed by atoms with van der Waals surface area (Å²) in [6, 6.07) is 11.8. The largest absolute Gasteiger partial charge is 0.331 e. The maximum Gasteiger partial charge on any atom is 0.198 e. The maximum atomic E-state index is 12.9. The van der Waals surface area contributed by atoms with Crippen molar-refractivity contribution in [2.75, 3.05) is 0 Å². The fraction of sp³-hybridized carbons (Fsp3) is 0.294. The Morgan fingerprint density at radius 1 is 1.23 bits per heavy atom. The van der Waals surface area contributed by atoms with Gasteiger partial charge in [-0.05, 0) is 42.7 Å². The predicted octanol–water partition coefficient (Wildman–Crippen LogP) is 3.78. The lowest BCUT2D eigenvalue weighted by atomic mass is 10.1. The number of nitrogens with zero attached hydrogens (tertiary/aromatic N) is 2. The van der Waals surface area contributed by atoms with Crippen LogP contribution in [-0.4, -0.2) is 19.2 Å². The molecule has 3 aromatic rings. The van der Waals surface area contributed by atoms with Gasteiger partial charge in [-0.1, -0.05) is 26.0 Å². The summed E-state index contributed by atoms with van der Waals surface area (Å²) in [5.41, 5.74) is 3.89. The molecule has 0 saturated heterocycles. The van der Waals surface area contributed by atoms with Crippen molar-refractivity contribution in [2.24, 2.45) is 0 Å². The molecule has 0 aliphatic heterocycles. The fourth-order valence-electron chi connectivity index (χ4n) is 2.52. The maximum absolute atomic E-state index is 12.9. The number of pyridine rings is 1. The lowest BCUT2D eigenvalue weighted by molar-refractivity contribution is 0.660. The minimum absolute atomic E-state index is 0.146. The molecule has 1 aromatic carbocycles. The van der Waals surface area contributed by atoms with Gasteiger partial charge in [-0.2, -0.15) is 0 Å². The van der Waals surface area contributed by atoms with Crippen molar-refractivity contribution in [3.05, 3.63) is 53.9 Å². The Balaban J connectivity index is 1.97. The van der Waals surface area contributed by atoms with E-state index in [4.69, 9.17) is 0 Å². The molecule has 0 radical (unpaired) electrons. The second-order valence-electron chi connectivity index (χ2n) is 5.20. The number of aromatic nitrogens is 3. The molecule has 2 unspecified atom stereocenters. The van der Waals surface area contributed by atoms with Gasteiger partial charge in [0, 0.05) is 6.20 Å². The summed E-state index contributed by atoms with van der Waals surface area (Å²) in [6.07, 6.45) is 3.46. The van der Waals surface area contributed by atoms with Crippen LogP contribution in [0.1, 0.15) is 36.8 Å². The van der Waals surface area contributed by atoms with E-state index in [-0.39, 0.29) is 5.25 Å². The van der Waals surface area contributed by atoms with Crippen molar-refractivity contribution in [1.29, 1.82) is 0 Å². The van der Waals surface area contributed by atoms with Crippen molar-refractivity contribution in [1.82, 2.24) is 15.0 Å². The van der Waals surface area contributed by atoms with Crippen molar-refractivity contribution < 1.29 is 4.21 Å². The Labute approximate surface area is 132 Å². The Morgan fingerprint density at radius 2 is 2.09 bits per heavy atom. The van der Waals surface area contributed by atoms with Gasteiger partial charge in [0.05, 0.1) is 32.8 Å². The highest BCUT2D eigenvalue weighted by Gasteiger charge is 2.22. The molecule has 22 heavy (non-hydrogen) atoms. The Bertz CT molecular complexity index is 798. The molecule has 4 nitrogen and oxygen atoms in total. The van der Waals surface area contributed by atoms with Crippen molar-refractivity contribution in [3.63, 3.8) is 0 Å². The summed E-state index contributed by atoms with van der Waals surface area (Å²) in [7, 11) is -1.24. The first-order chi connectivity index (χ1) is 10.7. The molecule has 0 spiro atoms. The lowest BCUT2D eigenvalue weighted by Gasteiger charge is -2.11. The van der Waals surface area contributed by atoms with Crippen LogP contribution in [0.4, 0.5) is 0 Å². The van der Waals surface area contributed by atoms with Gasteiger partial charge in [0.2, 0.25) is 0 Å². The molecule has 0 aliphatic carbocycles. The van der Waals surface area contributed by atoms with Gasteiger partial charge in [-0.15, -0.1) is 0 Å². The molecule has 2 heterocycles. The Morgan fingerprint density at radius 3 is 2.77 bits per heavy atom. The summed E-state index contributed by atoms with van der Waals surface area (Å²) in [5, 5.41) is 0.383. The topological polar surface area (TPSA) is 58.6 Å². The zero-order chi connectivity index (χ0) is 15.5. The first-order valence-electron chi connectivity index (χ1n) is 7.53. The summed E-state index contributed by atoms with van der Waals surface area (Å²) < 4.78 is 12.9. The summed E-state index contributed by atoms with van der Waals surface area (Å²) in [5.74, 6) is 0. The Kier molecular flexibility index (Phi) is 4.34. The first kappa shape index (κ1) is 14.9. The standard InChI is InChI=1S/C17H19N3OS/c1-3-12-8-9-13-15(11-12)20-17(19-13)22(21)16(4-2)14-7-5-6-10-18-14/h5-11,16H,3-4H2,1-2H3,(H,19,20). The van der Waals surface area contributed by atoms with Crippen LogP contribution >= 0.6 is 0 Å². The van der Waals surface area contributed by atoms with Crippen molar-refractivity contribution >= 4 is 21.8 Å². The van der Waals surface area contributed by atoms with E-state index in [1.807, 2.05) is 31.2 Å². The number of hydrogen-bond acceptors (Lipinski definition) is 3. The number of benzene rings is 1. The van der Waals surface area contributed by atoms with Crippen LogP contribution in [0.5, 0.6) is 0 Å². The molecular formula is C17H19N3OS. The number of rotatable bonds is 5. The molecular weight excluding hydrogens is 294 g/mol. The number of imidazole rings is 1. The summed E-state index contributed by atoms with van der Waals surface area (Å²) >= 11 is 0. The highest BCUT2D eigenvalue weighted by atomic mass is 32.2. The van der Waals surface area contributed by atoms with E-state index in [9.17, 15) is 4.21 Å². The number of fused-ring (bicyclic) bond motifs is 1. The van der Waals surface area contributed by atoms with E-state index >= 15 is 0 Å². The molecule has 2 aromatic heterocycles. The second kappa shape index (κ2) is 6.40. The summed E-state index contributed by atoms with van der Waals surface area (Å²) in [4.78, 5) is 12.1. The average molecular weight is 313 g/mol. The van der Waals surface area contributed by atoms with E-state index in [1.165, 1.54) is 5.56 Å². The third-order valence-electron chi connectivity index (χ3n) is 3.77. The summed E-state index contributed by atoms with van der Waals surface area (Å²) in [6.45, 7) is 4.14. The van der Waals surface area contributed by atoms with Crippen LogP contribution in [0.25, 0.3) is 11.0 Å². The molecule has 0 fully saturated rings. The van der Waals surface area contributed by atoms with Crippen molar-refractivity contribution in [2.45, 2.75) is 37.1 Å². The Hall–Kier alpha value is -2.01. The molecule has 0 bridgehead atoms. The molecule has 3 rings (SSSR count). The van der Waals surface area contributed by atoms with Gasteiger partial charge in [0.25, 0.3) is 0 Å². The molecule has 5 heteroatoms. The first-order valence-corrected chi connectivity index (χ1v) is 8.74. The van der Waals surface area contributed by atoms with Crippen LogP contribution in [0, 0.1) is 0 Å². The molecule has 2 atom stereocenters. The lowest BCUT2D eigenvalue weighted by Crippen LogP contribution is -2.09. The van der Waals surface area contributed by atoms with E-state index in [1.54, 1.807) is 6.20 Å². The smallest absolute Gasteiger partial charge is 0.198 e. The molecule has 114 valence electrons. The fourth-order valence-corrected chi connectivity index (χ4v) is 3.85. The third-order valence-corrected chi connectivity index (χ3v) is 5.44. The van der Waals surface area contributed by atoms with Crippen LogP contribution in [0.3, 0.4) is 0 Å². The molecule has 0 saturated carbocycles. The number of aromatic amines is 1. The van der Waals surface area contributed by atoms with E-state index in [0.717, 1.165) is 29.6 Å². The average Bonchev–Trinajstić information content (AvgIpc) is 2.99. The van der Waals surface area contributed by atoms with Gasteiger partial charge in [-0.25, -0.2) is 4.98 Å². The van der Waals surface area contributed by atoms with E-state index in [2.05, 4.69) is 34.0 Å². The minimum atomic E-state index is -1.24. The zero-order valence-corrected chi connectivity index (χ0v) is 13.6. The third kappa shape index (κ3) is 2.81. The quantitative estimate of drug-likeness (QED) is 0.780. The highest BCUT2D eigenvalue weighted by molar-refractivity contribution is 7.85. The molecule has 0 aliphatic rings. The van der Waals surface area contributed by atoms with Crippen LogP contribution in [-0.2, 0) is 17.2 Å². The van der Waals surface area contributed by atoms with Gasteiger partial charge in [-0.3, -0.25) is 9.19 Å². The van der Waals surface area contributed by atoms with Gasteiger partial charge >= 0.3 is 0 Å². The van der Waals surface area contributed by atoms with Crippen LogP contribution < -0.4 is 0 Å². The van der Waals surface area contributed by atoms with E-state index in [0.29, 0.717) is 5.16 Å². The minimum Gasteiger partial charge on any atom is -0.331 e. The van der Waals surface area contributed by atoms with E-state index < -0.39 is 10.8 Å². The monoisotopic (exact) mass is 313 g/mol. The molecule has 1 N–H and O–H groups in total.